The normalized spacial score (nSPS) is 16.0. The molecule has 1 aliphatic rings. The number of carbonyl (C=O) groups is 1. The van der Waals surface area contributed by atoms with E-state index in [-0.39, 0.29) is 11.9 Å². The minimum atomic E-state index is -0.0599. The molecule has 0 saturated heterocycles. The maximum absolute atomic E-state index is 12.5. The summed E-state index contributed by atoms with van der Waals surface area (Å²) < 4.78 is 5.45. The molecule has 0 aliphatic heterocycles. The lowest BCUT2D eigenvalue weighted by Gasteiger charge is -2.20. The van der Waals surface area contributed by atoms with Gasteiger partial charge in [-0.05, 0) is 50.1 Å². The van der Waals surface area contributed by atoms with E-state index in [2.05, 4.69) is 15.5 Å². The fourth-order valence-electron chi connectivity index (χ4n) is 3.34. The molecular weight excluding hydrogens is 314 g/mol. The number of H-pyrrole nitrogens is 1. The van der Waals surface area contributed by atoms with Gasteiger partial charge in [0.25, 0.3) is 5.91 Å². The smallest absolute Gasteiger partial charge is 0.269 e. The fourth-order valence-corrected chi connectivity index (χ4v) is 3.34. The van der Waals surface area contributed by atoms with Crippen molar-refractivity contribution >= 4 is 5.91 Å². The van der Waals surface area contributed by atoms with Gasteiger partial charge in [0.2, 0.25) is 0 Å². The standard InChI is InChI=1S/C20H27N3O2/c1-2-25-17-12-10-15(11-13-17)18-14-19(23-22-18)20(24)21-16-8-6-4-3-5-7-9-16/h10-14,16H,2-9H2,1H3,(H,21,24)(H,22,23). The van der Waals surface area contributed by atoms with E-state index in [0.29, 0.717) is 12.3 Å². The number of ether oxygens (including phenoxy) is 1. The third-order valence-corrected chi connectivity index (χ3v) is 4.72. The summed E-state index contributed by atoms with van der Waals surface area (Å²) in [6.45, 7) is 2.61. The second kappa shape index (κ2) is 8.70. The Balaban J connectivity index is 1.62. The number of amides is 1. The molecule has 1 aromatic heterocycles. The van der Waals surface area contributed by atoms with Crippen molar-refractivity contribution in [3.63, 3.8) is 0 Å². The first-order valence-electron chi connectivity index (χ1n) is 9.36. The molecule has 1 heterocycles. The zero-order chi connectivity index (χ0) is 17.5. The number of aromatic amines is 1. The maximum atomic E-state index is 12.5. The van der Waals surface area contributed by atoms with E-state index in [1.54, 1.807) is 0 Å². The molecule has 3 rings (SSSR count). The molecule has 1 saturated carbocycles. The second-order valence-electron chi connectivity index (χ2n) is 6.64. The Bertz CT molecular complexity index is 671. The van der Waals surface area contributed by atoms with Crippen LogP contribution in [0.5, 0.6) is 5.75 Å². The van der Waals surface area contributed by atoms with Crippen LogP contribution in [0.4, 0.5) is 0 Å². The van der Waals surface area contributed by atoms with Gasteiger partial charge in [-0.3, -0.25) is 9.89 Å². The average molecular weight is 341 g/mol. The molecule has 2 N–H and O–H groups in total. The minimum Gasteiger partial charge on any atom is -0.494 e. The summed E-state index contributed by atoms with van der Waals surface area (Å²) in [5.74, 6) is 0.777. The van der Waals surface area contributed by atoms with Crippen LogP contribution in [0.25, 0.3) is 11.3 Å². The number of benzene rings is 1. The summed E-state index contributed by atoms with van der Waals surface area (Å²) in [5, 5.41) is 10.3. The number of nitrogens with one attached hydrogen (secondary N) is 2. The first-order valence-corrected chi connectivity index (χ1v) is 9.36. The summed E-state index contributed by atoms with van der Waals surface area (Å²) in [6.07, 6.45) is 8.43. The zero-order valence-electron chi connectivity index (χ0n) is 14.9. The van der Waals surface area contributed by atoms with Gasteiger partial charge in [-0.2, -0.15) is 5.10 Å². The summed E-state index contributed by atoms with van der Waals surface area (Å²) in [6, 6.07) is 9.84. The third kappa shape index (κ3) is 4.84. The minimum absolute atomic E-state index is 0.0599. The molecule has 5 nitrogen and oxygen atoms in total. The summed E-state index contributed by atoms with van der Waals surface area (Å²) in [4.78, 5) is 12.5. The van der Waals surface area contributed by atoms with Crippen molar-refractivity contribution in [2.24, 2.45) is 0 Å². The number of hydrogen-bond donors (Lipinski definition) is 2. The van der Waals surface area contributed by atoms with E-state index in [1.165, 1.54) is 32.1 Å². The Morgan fingerprint density at radius 3 is 2.52 bits per heavy atom. The Hall–Kier alpha value is -2.30. The molecule has 0 bridgehead atoms. The van der Waals surface area contributed by atoms with Crippen LogP contribution in [-0.2, 0) is 0 Å². The molecule has 0 unspecified atom stereocenters. The molecule has 25 heavy (non-hydrogen) atoms. The molecule has 1 fully saturated rings. The number of carbonyl (C=O) groups excluding carboxylic acids is 1. The molecule has 0 atom stereocenters. The van der Waals surface area contributed by atoms with Crippen molar-refractivity contribution in [3.05, 3.63) is 36.0 Å². The lowest BCUT2D eigenvalue weighted by molar-refractivity contribution is 0.0925. The van der Waals surface area contributed by atoms with E-state index < -0.39 is 0 Å². The molecule has 0 radical (unpaired) electrons. The largest absolute Gasteiger partial charge is 0.494 e. The van der Waals surface area contributed by atoms with Crippen LogP contribution < -0.4 is 10.1 Å². The van der Waals surface area contributed by atoms with Gasteiger partial charge >= 0.3 is 0 Å². The predicted octanol–water partition coefficient (Wildman–Crippen LogP) is 4.32. The van der Waals surface area contributed by atoms with Gasteiger partial charge in [-0.25, -0.2) is 0 Å². The monoisotopic (exact) mass is 341 g/mol. The van der Waals surface area contributed by atoms with E-state index in [4.69, 9.17) is 4.74 Å². The molecule has 2 aromatic rings. The van der Waals surface area contributed by atoms with Crippen LogP contribution in [0.3, 0.4) is 0 Å². The van der Waals surface area contributed by atoms with Gasteiger partial charge < -0.3 is 10.1 Å². The summed E-state index contributed by atoms with van der Waals surface area (Å²) in [7, 11) is 0. The Kier molecular flexibility index (Phi) is 6.09. The number of aromatic nitrogens is 2. The molecule has 1 aromatic carbocycles. The maximum Gasteiger partial charge on any atom is 0.269 e. The second-order valence-corrected chi connectivity index (χ2v) is 6.64. The SMILES string of the molecule is CCOc1ccc(-c2cc(C(=O)NC3CCCCCCC3)[nH]n2)cc1. The van der Waals surface area contributed by atoms with Gasteiger partial charge in [0.05, 0.1) is 12.3 Å². The van der Waals surface area contributed by atoms with Crippen LogP contribution >= 0.6 is 0 Å². The molecule has 1 amide bonds. The van der Waals surface area contributed by atoms with Crippen molar-refractivity contribution in [2.45, 2.75) is 57.9 Å². The van der Waals surface area contributed by atoms with Crippen molar-refractivity contribution in [3.8, 4) is 17.0 Å². The van der Waals surface area contributed by atoms with Crippen molar-refractivity contribution in [1.82, 2.24) is 15.5 Å². The highest BCUT2D eigenvalue weighted by Gasteiger charge is 2.17. The Labute approximate surface area is 149 Å². The van der Waals surface area contributed by atoms with Crippen LogP contribution in [0.15, 0.2) is 30.3 Å². The van der Waals surface area contributed by atoms with E-state index >= 15 is 0 Å². The van der Waals surface area contributed by atoms with Gasteiger partial charge in [0.15, 0.2) is 0 Å². The quantitative estimate of drug-likeness (QED) is 0.851. The first-order chi connectivity index (χ1) is 12.3. The van der Waals surface area contributed by atoms with Crippen LogP contribution in [0.1, 0.15) is 62.4 Å². The fraction of sp³-hybridized carbons (Fsp3) is 0.500. The third-order valence-electron chi connectivity index (χ3n) is 4.72. The molecule has 5 heteroatoms. The Morgan fingerprint density at radius 1 is 1.16 bits per heavy atom. The lowest BCUT2D eigenvalue weighted by atomic mass is 9.96. The topological polar surface area (TPSA) is 67.0 Å². The number of nitrogens with zero attached hydrogens (tertiary/aromatic N) is 1. The highest BCUT2D eigenvalue weighted by atomic mass is 16.5. The van der Waals surface area contributed by atoms with Crippen molar-refractivity contribution in [2.75, 3.05) is 6.61 Å². The molecule has 134 valence electrons. The number of hydrogen-bond acceptors (Lipinski definition) is 3. The lowest BCUT2D eigenvalue weighted by Crippen LogP contribution is -2.35. The predicted molar refractivity (Wildman–Crippen MR) is 98.8 cm³/mol. The highest BCUT2D eigenvalue weighted by Crippen LogP contribution is 2.22. The number of rotatable bonds is 5. The summed E-state index contributed by atoms with van der Waals surface area (Å²) >= 11 is 0. The van der Waals surface area contributed by atoms with Gasteiger partial charge in [-0.1, -0.05) is 32.1 Å². The first kappa shape index (κ1) is 17.5. The molecule has 0 spiro atoms. The highest BCUT2D eigenvalue weighted by molar-refractivity contribution is 5.93. The van der Waals surface area contributed by atoms with Crippen molar-refractivity contribution < 1.29 is 9.53 Å². The van der Waals surface area contributed by atoms with E-state index in [9.17, 15) is 4.79 Å². The van der Waals surface area contributed by atoms with Crippen LogP contribution in [0.2, 0.25) is 0 Å². The zero-order valence-corrected chi connectivity index (χ0v) is 14.9. The molecule has 1 aliphatic carbocycles. The van der Waals surface area contributed by atoms with E-state index in [0.717, 1.165) is 29.8 Å². The van der Waals surface area contributed by atoms with Crippen LogP contribution in [0, 0.1) is 0 Å². The molecular formula is C20H27N3O2. The van der Waals surface area contributed by atoms with Crippen LogP contribution in [-0.4, -0.2) is 28.8 Å². The Morgan fingerprint density at radius 2 is 1.84 bits per heavy atom. The van der Waals surface area contributed by atoms with Crippen molar-refractivity contribution in [1.29, 1.82) is 0 Å². The summed E-state index contributed by atoms with van der Waals surface area (Å²) in [5.41, 5.74) is 2.25. The van der Waals surface area contributed by atoms with E-state index in [1.807, 2.05) is 37.3 Å². The van der Waals surface area contributed by atoms with Gasteiger partial charge in [-0.15, -0.1) is 0 Å². The van der Waals surface area contributed by atoms with Gasteiger partial charge in [0.1, 0.15) is 11.4 Å². The van der Waals surface area contributed by atoms with Gasteiger partial charge in [0, 0.05) is 11.6 Å². The average Bonchev–Trinajstić information content (AvgIpc) is 3.08.